The summed E-state index contributed by atoms with van der Waals surface area (Å²) in [5, 5.41) is 10.6. The molecule has 0 aromatic heterocycles. The lowest BCUT2D eigenvalue weighted by molar-refractivity contribution is -0.126. The Labute approximate surface area is 143 Å². The van der Waals surface area contributed by atoms with Gasteiger partial charge in [0.15, 0.2) is 5.78 Å². The topological polar surface area (TPSA) is 54.4 Å². The molecule has 0 amide bonds. The van der Waals surface area contributed by atoms with Crippen LogP contribution in [0.2, 0.25) is 0 Å². The van der Waals surface area contributed by atoms with E-state index in [9.17, 15) is 14.7 Å². The van der Waals surface area contributed by atoms with Crippen molar-refractivity contribution >= 4 is 11.6 Å². The molecule has 1 N–H and O–H groups in total. The van der Waals surface area contributed by atoms with Crippen LogP contribution in [0.5, 0.6) is 0 Å². The van der Waals surface area contributed by atoms with Crippen molar-refractivity contribution < 1.29 is 14.7 Å². The fraction of sp³-hybridized carbons (Fsp3) is 0.619. The van der Waals surface area contributed by atoms with E-state index in [0.717, 1.165) is 31.3 Å². The second kappa shape index (κ2) is 4.93. The van der Waals surface area contributed by atoms with Gasteiger partial charge >= 0.3 is 0 Å². The van der Waals surface area contributed by atoms with Crippen molar-refractivity contribution in [1.29, 1.82) is 0 Å². The van der Waals surface area contributed by atoms with E-state index in [1.54, 1.807) is 19.1 Å². The third kappa shape index (κ3) is 1.90. The van der Waals surface area contributed by atoms with Crippen molar-refractivity contribution in [3.05, 3.63) is 35.6 Å². The number of carbonyl (C=O) groups excluding carboxylic acids is 2. The van der Waals surface area contributed by atoms with Crippen LogP contribution in [0.15, 0.2) is 35.6 Å². The van der Waals surface area contributed by atoms with Crippen molar-refractivity contribution in [2.24, 2.45) is 34.5 Å². The van der Waals surface area contributed by atoms with Gasteiger partial charge in [0, 0.05) is 16.9 Å². The highest BCUT2D eigenvalue weighted by Crippen LogP contribution is 2.65. The first-order valence-corrected chi connectivity index (χ1v) is 9.14. The Morgan fingerprint density at radius 1 is 1.21 bits per heavy atom. The van der Waals surface area contributed by atoms with Gasteiger partial charge in [-0.2, -0.15) is 0 Å². The largest absolute Gasteiger partial charge is 0.508 e. The van der Waals surface area contributed by atoms with Gasteiger partial charge in [0.2, 0.25) is 0 Å². The lowest BCUT2D eigenvalue weighted by Gasteiger charge is -2.55. The van der Waals surface area contributed by atoms with Gasteiger partial charge < -0.3 is 5.11 Å². The molecule has 0 aromatic carbocycles. The molecular weight excluding hydrogens is 300 g/mol. The Morgan fingerprint density at radius 2 is 1.96 bits per heavy atom. The van der Waals surface area contributed by atoms with E-state index in [1.807, 2.05) is 12.2 Å². The third-order valence-corrected chi connectivity index (χ3v) is 7.68. The van der Waals surface area contributed by atoms with Crippen LogP contribution in [0.4, 0.5) is 0 Å². The maximum absolute atomic E-state index is 12.1. The molecule has 0 aliphatic heterocycles. The fourth-order valence-corrected chi connectivity index (χ4v) is 6.43. The Morgan fingerprint density at radius 3 is 2.67 bits per heavy atom. The summed E-state index contributed by atoms with van der Waals surface area (Å²) in [5.41, 5.74) is 0.559. The molecule has 6 atom stereocenters. The highest BCUT2D eigenvalue weighted by molar-refractivity contribution is 6.01. The standard InChI is InChI=1S/C21H26O3/c1-12(22)15-4-5-16-14-11-19(24)18-10-13(23)6-8-21(18,3)17(14)7-9-20(15,16)2/h6,8,10-11,14-17,24H,4-5,7,9H2,1-3H3/t14-,15+,16-,17-,20+,21+/m0/s1. The van der Waals surface area contributed by atoms with Crippen LogP contribution in [0.1, 0.15) is 46.5 Å². The van der Waals surface area contributed by atoms with E-state index in [-0.39, 0.29) is 34.2 Å². The van der Waals surface area contributed by atoms with Crippen LogP contribution in [0, 0.1) is 34.5 Å². The van der Waals surface area contributed by atoms with E-state index >= 15 is 0 Å². The summed E-state index contributed by atoms with van der Waals surface area (Å²) in [4.78, 5) is 23.9. The molecule has 2 fully saturated rings. The first kappa shape index (κ1) is 15.9. The molecule has 0 radical (unpaired) electrons. The smallest absolute Gasteiger partial charge is 0.178 e. The molecule has 0 unspecified atom stereocenters. The van der Waals surface area contributed by atoms with Gasteiger partial charge in [-0.15, -0.1) is 0 Å². The number of fused-ring (bicyclic) bond motifs is 5. The Bertz CT molecular complexity index is 713. The van der Waals surface area contributed by atoms with Crippen LogP contribution in [-0.2, 0) is 9.59 Å². The van der Waals surface area contributed by atoms with Gasteiger partial charge in [-0.25, -0.2) is 0 Å². The zero-order valence-corrected chi connectivity index (χ0v) is 14.7. The van der Waals surface area contributed by atoms with Gasteiger partial charge in [-0.05, 0) is 74.0 Å². The van der Waals surface area contributed by atoms with Crippen molar-refractivity contribution in [3.8, 4) is 0 Å². The number of aliphatic hydroxyl groups is 1. The number of aliphatic hydroxyl groups excluding tert-OH is 1. The summed E-state index contributed by atoms with van der Waals surface area (Å²) < 4.78 is 0. The number of carbonyl (C=O) groups is 2. The van der Waals surface area contributed by atoms with Crippen LogP contribution >= 0.6 is 0 Å². The molecule has 0 bridgehead atoms. The molecule has 3 nitrogen and oxygen atoms in total. The molecule has 0 aromatic rings. The maximum Gasteiger partial charge on any atom is 0.178 e. The minimum atomic E-state index is -0.271. The molecule has 0 saturated heterocycles. The maximum atomic E-state index is 12.1. The predicted octanol–water partition coefficient (Wildman–Crippen LogP) is 4.16. The number of Topliss-reactive ketones (excluding diaryl/α,β-unsaturated/α-hetero) is 1. The second-order valence-corrected chi connectivity index (χ2v) is 8.70. The molecule has 3 heteroatoms. The average molecular weight is 326 g/mol. The molecule has 0 spiro atoms. The van der Waals surface area contributed by atoms with Gasteiger partial charge in [-0.1, -0.05) is 19.9 Å². The highest BCUT2D eigenvalue weighted by atomic mass is 16.3. The third-order valence-electron chi connectivity index (χ3n) is 7.68. The fourth-order valence-electron chi connectivity index (χ4n) is 6.43. The second-order valence-electron chi connectivity index (χ2n) is 8.70. The minimum absolute atomic E-state index is 0.0426. The summed E-state index contributed by atoms with van der Waals surface area (Å²) in [5.74, 6) is 1.83. The van der Waals surface area contributed by atoms with Crippen molar-refractivity contribution in [1.82, 2.24) is 0 Å². The van der Waals surface area contributed by atoms with Crippen LogP contribution in [0.25, 0.3) is 0 Å². The van der Waals surface area contributed by atoms with Gasteiger partial charge in [0.1, 0.15) is 11.5 Å². The summed E-state index contributed by atoms with van der Waals surface area (Å²) in [6, 6.07) is 0. The molecule has 24 heavy (non-hydrogen) atoms. The van der Waals surface area contributed by atoms with Crippen LogP contribution in [0.3, 0.4) is 0 Å². The summed E-state index contributed by atoms with van der Waals surface area (Å²) >= 11 is 0. The van der Waals surface area contributed by atoms with E-state index in [2.05, 4.69) is 13.8 Å². The Kier molecular flexibility index (Phi) is 3.26. The van der Waals surface area contributed by atoms with Crippen LogP contribution in [-0.4, -0.2) is 16.7 Å². The quantitative estimate of drug-likeness (QED) is 0.787. The van der Waals surface area contributed by atoms with Crippen molar-refractivity contribution in [2.45, 2.75) is 46.5 Å². The number of ketones is 2. The molecule has 4 rings (SSSR count). The predicted molar refractivity (Wildman–Crippen MR) is 92.3 cm³/mol. The SMILES string of the molecule is CC(=O)[C@H]1CC[C@H]2[C@@H]3C=C(O)C4=CC(=O)C=C[C@]4(C)[C@H]3CC[C@]12C. The lowest BCUT2D eigenvalue weighted by atomic mass is 9.49. The van der Waals surface area contributed by atoms with Gasteiger partial charge in [0.25, 0.3) is 0 Å². The molecule has 2 saturated carbocycles. The summed E-state index contributed by atoms with van der Waals surface area (Å²) in [6.45, 7) is 6.17. The molecule has 4 aliphatic carbocycles. The van der Waals surface area contributed by atoms with Crippen molar-refractivity contribution in [3.63, 3.8) is 0 Å². The van der Waals surface area contributed by atoms with Crippen LogP contribution < -0.4 is 0 Å². The van der Waals surface area contributed by atoms with E-state index in [0.29, 0.717) is 17.6 Å². The monoisotopic (exact) mass is 326 g/mol. The first-order valence-electron chi connectivity index (χ1n) is 9.14. The zero-order chi connectivity index (χ0) is 17.3. The number of hydrogen-bond acceptors (Lipinski definition) is 3. The summed E-state index contributed by atoms with van der Waals surface area (Å²) in [7, 11) is 0. The lowest BCUT2D eigenvalue weighted by Crippen LogP contribution is -2.49. The van der Waals surface area contributed by atoms with Gasteiger partial charge in [0.05, 0.1) is 0 Å². The number of hydrogen-bond donors (Lipinski definition) is 1. The van der Waals surface area contributed by atoms with Crippen molar-refractivity contribution in [2.75, 3.05) is 0 Å². The molecular formula is C21H26O3. The van der Waals surface area contributed by atoms with Gasteiger partial charge in [-0.3, -0.25) is 9.59 Å². The normalized spacial score (nSPS) is 46.5. The Hall–Kier alpha value is -1.64. The number of allylic oxidation sites excluding steroid dienone is 5. The van der Waals surface area contributed by atoms with E-state index in [4.69, 9.17) is 0 Å². The molecule has 0 heterocycles. The number of rotatable bonds is 1. The highest BCUT2D eigenvalue weighted by Gasteiger charge is 2.59. The molecule has 4 aliphatic rings. The van der Waals surface area contributed by atoms with E-state index in [1.165, 1.54) is 0 Å². The summed E-state index contributed by atoms with van der Waals surface area (Å²) in [6.07, 6.45) is 11.4. The Balaban J connectivity index is 1.79. The minimum Gasteiger partial charge on any atom is -0.508 e. The zero-order valence-electron chi connectivity index (χ0n) is 14.7. The average Bonchev–Trinajstić information content (AvgIpc) is 2.87. The molecule has 128 valence electrons. The van der Waals surface area contributed by atoms with E-state index < -0.39 is 0 Å². The first-order chi connectivity index (χ1) is 11.3.